The molecule has 0 aromatic rings. The number of hydrogen-bond donors (Lipinski definition) is 1. The van der Waals surface area contributed by atoms with Gasteiger partial charge in [0.1, 0.15) is 0 Å². The molecule has 4 aliphatic heterocycles. The zero-order valence-corrected chi connectivity index (χ0v) is 20.2. The molecule has 0 aromatic carbocycles. The van der Waals surface area contributed by atoms with Crippen LogP contribution in [-0.2, 0) is 43.0 Å². The van der Waals surface area contributed by atoms with Gasteiger partial charge in [-0.3, -0.25) is 9.59 Å². The van der Waals surface area contributed by atoms with Crippen molar-refractivity contribution in [2.24, 2.45) is 23.7 Å². The highest BCUT2D eigenvalue weighted by molar-refractivity contribution is 5.81. The van der Waals surface area contributed by atoms with Crippen LogP contribution in [0.15, 0.2) is 0 Å². The average Bonchev–Trinajstić information content (AvgIpc) is 3.02. The van der Waals surface area contributed by atoms with E-state index in [4.69, 9.17) is 33.5 Å². The van der Waals surface area contributed by atoms with Gasteiger partial charge in [0.15, 0.2) is 18.2 Å². The predicted octanol–water partition coefficient (Wildman–Crippen LogP) is 2.25. The minimum Gasteiger partial charge on any atom is -0.435 e. The number of carbonyl (C=O) groups is 2. The van der Waals surface area contributed by atoms with Crippen molar-refractivity contribution in [2.45, 2.75) is 89.6 Å². The molecule has 33 heavy (non-hydrogen) atoms. The van der Waals surface area contributed by atoms with Crippen LogP contribution in [0.5, 0.6) is 0 Å². The Morgan fingerprint density at radius 3 is 2.55 bits per heavy atom. The van der Waals surface area contributed by atoms with Gasteiger partial charge in [-0.2, -0.15) is 0 Å². The van der Waals surface area contributed by atoms with Gasteiger partial charge in [0.2, 0.25) is 18.0 Å². The van der Waals surface area contributed by atoms with Crippen LogP contribution in [0.25, 0.3) is 0 Å². The first-order valence-electron chi connectivity index (χ1n) is 11.9. The first-order valence-corrected chi connectivity index (χ1v) is 11.9. The Labute approximate surface area is 194 Å². The maximum absolute atomic E-state index is 12.6. The Hall–Kier alpha value is -1.30. The normalized spacial score (nSPS) is 41.9. The van der Waals surface area contributed by atoms with Gasteiger partial charge in [-0.05, 0) is 38.0 Å². The molecular weight excluding hydrogens is 434 g/mol. The van der Waals surface area contributed by atoms with Crippen LogP contribution >= 0.6 is 0 Å². The van der Waals surface area contributed by atoms with Crippen molar-refractivity contribution in [1.29, 1.82) is 0 Å². The van der Waals surface area contributed by atoms with Crippen molar-refractivity contribution in [3.63, 3.8) is 0 Å². The Bertz CT molecular complexity index is 731. The van der Waals surface area contributed by atoms with Gasteiger partial charge in [0.25, 0.3) is 0 Å². The average molecular weight is 472 g/mol. The molecule has 1 saturated carbocycles. The number of esters is 1. The zero-order chi connectivity index (χ0) is 23.8. The Balaban J connectivity index is 1.38. The summed E-state index contributed by atoms with van der Waals surface area (Å²) in [5.41, 5.74) is -0.699. The van der Waals surface area contributed by atoms with Crippen LogP contribution in [0.1, 0.15) is 59.3 Å². The van der Waals surface area contributed by atoms with Gasteiger partial charge in [-0.1, -0.05) is 13.8 Å². The summed E-state index contributed by atoms with van der Waals surface area (Å²) in [4.78, 5) is 36.5. The van der Waals surface area contributed by atoms with Crippen LogP contribution in [0, 0.1) is 23.7 Å². The first kappa shape index (κ1) is 24.8. The fraction of sp³-hybridized carbons (Fsp3) is 0.913. The van der Waals surface area contributed by atoms with Gasteiger partial charge < -0.3 is 29.0 Å². The highest BCUT2D eigenvalue weighted by Gasteiger charge is 2.69. The van der Waals surface area contributed by atoms with E-state index >= 15 is 0 Å². The number of methoxy groups -OCH3 is 2. The van der Waals surface area contributed by atoms with Crippen LogP contribution in [0.2, 0.25) is 0 Å². The van der Waals surface area contributed by atoms with Crippen molar-refractivity contribution in [2.75, 3.05) is 20.8 Å². The third kappa shape index (κ3) is 4.66. The highest BCUT2D eigenvalue weighted by atomic mass is 17.3. The molecule has 10 nitrogen and oxygen atoms in total. The predicted molar refractivity (Wildman–Crippen MR) is 113 cm³/mol. The standard InChI is InChI=1S/C23H37NO9/c1-13-6-7-16-14(2)20(29-18(26)9-8-17(25)24-12-19(27-4)28-5)30-21-23(16)15(13)10-11-22(3,31-21)32-33-23/h13-16,19-21H,6-12H2,1-5H3,(H,24,25)/t13-,14-,15-,16+,20-,21-,22-,23-/m1/s1. The largest absolute Gasteiger partial charge is 0.435 e. The van der Waals surface area contributed by atoms with Gasteiger partial charge in [-0.15, -0.1) is 0 Å². The van der Waals surface area contributed by atoms with E-state index in [1.54, 1.807) is 0 Å². The topological polar surface area (TPSA) is 111 Å². The number of fused-ring (bicyclic) bond motifs is 2. The van der Waals surface area contributed by atoms with Crippen molar-refractivity contribution in [3.05, 3.63) is 0 Å². The van der Waals surface area contributed by atoms with E-state index in [-0.39, 0.29) is 43.0 Å². The number of amides is 1. The molecule has 5 aliphatic rings. The number of carbonyl (C=O) groups excluding carboxylic acids is 2. The molecule has 0 radical (unpaired) electrons. The molecule has 4 saturated heterocycles. The molecule has 1 aliphatic carbocycles. The number of ether oxygens (including phenoxy) is 5. The fourth-order valence-electron chi connectivity index (χ4n) is 5.96. The van der Waals surface area contributed by atoms with E-state index in [1.165, 1.54) is 14.2 Å². The summed E-state index contributed by atoms with van der Waals surface area (Å²) < 4.78 is 28.3. The van der Waals surface area contributed by atoms with E-state index < -0.39 is 36.2 Å². The minimum absolute atomic E-state index is 0.00197. The van der Waals surface area contributed by atoms with Crippen LogP contribution in [0.4, 0.5) is 0 Å². The Morgan fingerprint density at radius 2 is 1.82 bits per heavy atom. The lowest BCUT2D eigenvalue weighted by molar-refractivity contribution is -0.576. The molecule has 10 heteroatoms. The quantitative estimate of drug-likeness (QED) is 0.324. The van der Waals surface area contributed by atoms with E-state index in [1.807, 2.05) is 13.8 Å². The maximum atomic E-state index is 12.6. The molecule has 1 spiro atoms. The molecule has 5 rings (SSSR count). The second kappa shape index (κ2) is 9.75. The third-order valence-electron chi connectivity index (χ3n) is 7.89. The molecule has 8 atom stereocenters. The number of nitrogens with one attached hydrogen (secondary N) is 1. The number of hydrogen-bond acceptors (Lipinski definition) is 9. The van der Waals surface area contributed by atoms with Gasteiger partial charge in [0, 0.05) is 38.9 Å². The summed E-state index contributed by atoms with van der Waals surface area (Å²) in [6, 6.07) is 0. The van der Waals surface area contributed by atoms with E-state index in [0.717, 1.165) is 25.7 Å². The molecule has 4 heterocycles. The van der Waals surface area contributed by atoms with Crippen LogP contribution in [-0.4, -0.2) is 62.9 Å². The van der Waals surface area contributed by atoms with Crippen molar-refractivity contribution in [3.8, 4) is 0 Å². The van der Waals surface area contributed by atoms with E-state index in [9.17, 15) is 9.59 Å². The summed E-state index contributed by atoms with van der Waals surface area (Å²) in [5.74, 6) is -0.982. The lowest BCUT2D eigenvalue weighted by Crippen LogP contribution is -2.70. The lowest BCUT2D eigenvalue weighted by Gasteiger charge is -2.59. The molecule has 2 bridgehead atoms. The maximum Gasteiger partial charge on any atom is 0.308 e. The van der Waals surface area contributed by atoms with Crippen molar-refractivity contribution in [1.82, 2.24) is 5.32 Å². The summed E-state index contributed by atoms with van der Waals surface area (Å²) in [6.45, 7) is 6.33. The second-order valence-electron chi connectivity index (χ2n) is 9.97. The molecule has 0 aromatic heterocycles. The lowest BCUT2D eigenvalue weighted by atomic mass is 9.58. The smallest absolute Gasteiger partial charge is 0.308 e. The summed E-state index contributed by atoms with van der Waals surface area (Å²) in [5, 5.41) is 2.67. The monoisotopic (exact) mass is 471 g/mol. The summed E-state index contributed by atoms with van der Waals surface area (Å²) in [7, 11) is 2.98. The van der Waals surface area contributed by atoms with Gasteiger partial charge in [0.05, 0.1) is 13.0 Å². The van der Waals surface area contributed by atoms with Crippen molar-refractivity contribution < 1.29 is 43.0 Å². The SMILES string of the molecule is COC(CNC(=O)CCC(=O)O[C@@H]1O[C@@H]2O[C@@]3(C)CC[C@@H]4[C@H](C)CC[C@@H]([C@H]1C)[C@@]24OO3)OC. The Morgan fingerprint density at radius 1 is 1.06 bits per heavy atom. The molecule has 5 fully saturated rings. The number of rotatable bonds is 8. The minimum atomic E-state index is -0.882. The fourth-order valence-corrected chi connectivity index (χ4v) is 5.96. The molecule has 188 valence electrons. The molecule has 1 amide bonds. The second-order valence-corrected chi connectivity index (χ2v) is 9.97. The third-order valence-corrected chi connectivity index (χ3v) is 7.89. The molecular formula is C23H37NO9. The van der Waals surface area contributed by atoms with Gasteiger partial charge in [-0.25, -0.2) is 9.78 Å². The van der Waals surface area contributed by atoms with Crippen LogP contribution in [0.3, 0.4) is 0 Å². The van der Waals surface area contributed by atoms with Crippen molar-refractivity contribution >= 4 is 11.9 Å². The first-order chi connectivity index (χ1) is 15.7. The highest BCUT2D eigenvalue weighted by Crippen LogP contribution is 2.60. The zero-order valence-electron chi connectivity index (χ0n) is 20.2. The van der Waals surface area contributed by atoms with Crippen LogP contribution < -0.4 is 5.32 Å². The summed E-state index contributed by atoms with van der Waals surface area (Å²) >= 11 is 0. The molecule has 1 N–H and O–H groups in total. The van der Waals surface area contributed by atoms with Gasteiger partial charge >= 0.3 is 5.97 Å². The Kier molecular flexibility index (Phi) is 7.33. The van der Waals surface area contributed by atoms with E-state index in [2.05, 4.69) is 12.2 Å². The molecule has 0 unspecified atom stereocenters. The van der Waals surface area contributed by atoms with E-state index in [0.29, 0.717) is 5.92 Å². The summed E-state index contributed by atoms with van der Waals surface area (Å²) in [6.07, 6.45) is 1.61.